The molecule has 0 aromatic heterocycles. The topological polar surface area (TPSA) is 46.3 Å². The molecule has 3 heteroatoms. The lowest BCUT2D eigenvalue weighted by Gasteiger charge is -2.38. The first-order valence-electron chi connectivity index (χ1n) is 6.96. The quantitative estimate of drug-likeness (QED) is 0.788. The summed E-state index contributed by atoms with van der Waals surface area (Å²) in [5.74, 6) is 0.122. The molecule has 3 nitrogen and oxygen atoms in total. The molecule has 0 unspecified atom stereocenters. The van der Waals surface area contributed by atoms with Gasteiger partial charge in [-0.2, -0.15) is 0 Å². The average Bonchev–Trinajstić information content (AvgIpc) is 2.31. The molecule has 19 heavy (non-hydrogen) atoms. The molecule has 0 spiro atoms. The van der Waals surface area contributed by atoms with Gasteiger partial charge in [-0.1, -0.05) is 19.9 Å². The molecule has 2 N–H and O–H groups in total. The van der Waals surface area contributed by atoms with Crippen molar-refractivity contribution in [1.29, 1.82) is 0 Å². The van der Waals surface area contributed by atoms with E-state index in [-0.39, 0.29) is 11.3 Å². The number of aryl methyl sites for hydroxylation is 2. The number of hydrogen-bond acceptors (Lipinski definition) is 2. The monoisotopic (exact) mass is 260 g/mol. The molecule has 104 valence electrons. The van der Waals surface area contributed by atoms with E-state index in [1.165, 1.54) is 6.42 Å². The van der Waals surface area contributed by atoms with Gasteiger partial charge in [0.05, 0.1) is 0 Å². The van der Waals surface area contributed by atoms with Crippen molar-refractivity contribution in [3.63, 3.8) is 0 Å². The van der Waals surface area contributed by atoms with Crippen LogP contribution in [0.25, 0.3) is 0 Å². The van der Waals surface area contributed by atoms with Crippen LogP contribution in [0, 0.1) is 19.3 Å². The van der Waals surface area contributed by atoms with Crippen molar-refractivity contribution in [2.75, 3.05) is 18.8 Å². The molecule has 1 aromatic rings. The number of carbonyl (C=O) groups is 1. The van der Waals surface area contributed by atoms with Crippen molar-refractivity contribution in [2.45, 2.75) is 40.5 Å². The molecule has 2 rings (SSSR count). The molecule has 0 radical (unpaired) electrons. The average molecular weight is 260 g/mol. The van der Waals surface area contributed by atoms with Crippen LogP contribution >= 0.6 is 0 Å². The Labute approximate surface area is 115 Å². The largest absolute Gasteiger partial charge is 0.398 e. The Morgan fingerprint density at radius 2 is 1.95 bits per heavy atom. The van der Waals surface area contributed by atoms with E-state index in [0.29, 0.717) is 5.69 Å². The number of benzene rings is 1. The number of amides is 1. The molecule has 1 fully saturated rings. The fraction of sp³-hybridized carbons (Fsp3) is 0.562. The standard InChI is InChI=1S/C16H24N2O/c1-11-8-12(2)14(17)9-13(11)15(19)18-7-5-6-16(3,4)10-18/h8-9H,5-7,10,17H2,1-4H3. The van der Waals surface area contributed by atoms with Gasteiger partial charge in [0.25, 0.3) is 5.91 Å². The number of piperidine rings is 1. The minimum atomic E-state index is 0.122. The first-order valence-corrected chi connectivity index (χ1v) is 6.96. The second kappa shape index (κ2) is 4.87. The van der Waals surface area contributed by atoms with Gasteiger partial charge in [-0.25, -0.2) is 0 Å². The number of nitrogens with zero attached hydrogens (tertiary/aromatic N) is 1. The number of nitrogen functional groups attached to an aromatic ring is 1. The van der Waals surface area contributed by atoms with Gasteiger partial charge in [0.1, 0.15) is 0 Å². The van der Waals surface area contributed by atoms with Crippen LogP contribution in [-0.4, -0.2) is 23.9 Å². The van der Waals surface area contributed by atoms with E-state index in [4.69, 9.17) is 5.73 Å². The molecule has 0 bridgehead atoms. The van der Waals surface area contributed by atoms with Crippen molar-refractivity contribution in [3.8, 4) is 0 Å². The van der Waals surface area contributed by atoms with Gasteiger partial charge >= 0.3 is 0 Å². The second-order valence-corrected chi connectivity index (χ2v) is 6.52. The number of nitrogens with two attached hydrogens (primary N) is 1. The highest BCUT2D eigenvalue weighted by Gasteiger charge is 2.30. The van der Waals surface area contributed by atoms with Crippen molar-refractivity contribution >= 4 is 11.6 Å². The first kappa shape index (κ1) is 13.9. The first-order chi connectivity index (χ1) is 8.80. The van der Waals surface area contributed by atoms with Gasteiger partial charge in [-0.05, 0) is 49.3 Å². The number of likely N-dealkylation sites (tertiary alicyclic amines) is 1. The highest BCUT2D eigenvalue weighted by Crippen LogP contribution is 2.30. The lowest BCUT2D eigenvalue weighted by molar-refractivity contribution is 0.0583. The highest BCUT2D eigenvalue weighted by molar-refractivity contribution is 5.96. The fourth-order valence-electron chi connectivity index (χ4n) is 2.87. The maximum Gasteiger partial charge on any atom is 0.254 e. The normalized spacial score (nSPS) is 18.4. The summed E-state index contributed by atoms with van der Waals surface area (Å²) in [6.45, 7) is 10.1. The third-order valence-electron chi connectivity index (χ3n) is 4.03. The Bertz CT molecular complexity index is 506. The van der Waals surface area contributed by atoms with Crippen LogP contribution < -0.4 is 5.73 Å². The second-order valence-electron chi connectivity index (χ2n) is 6.52. The number of carbonyl (C=O) groups excluding carboxylic acids is 1. The molecule has 1 amide bonds. The lowest BCUT2D eigenvalue weighted by atomic mass is 9.84. The smallest absolute Gasteiger partial charge is 0.254 e. The van der Waals surface area contributed by atoms with Gasteiger partial charge in [0, 0.05) is 24.3 Å². The summed E-state index contributed by atoms with van der Waals surface area (Å²) in [4.78, 5) is 14.6. The molecular formula is C16H24N2O. The predicted octanol–water partition coefficient (Wildman–Crippen LogP) is 3.15. The number of hydrogen-bond donors (Lipinski definition) is 1. The zero-order valence-electron chi connectivity index (χ0n) is 12.4. The van der Waals surface area contributed by atoms with Crippen molar-refractivity contribution in [3.05, 3.63) is 28.8 Å². The van der Waals surface area contributed by atoms with Gasteiger partial charge in [0.2, 0.25) is 0 Å². The molecule has 0 saturated carbocycles. The SMILES string of the molecule is Cc1cc(C)c(C(=O)N2CCCC(C)(C)C2)cc1N. The molecule has 0 atom stereocenters. The molecule has 1 aliphatic heterocycles. The van der Waals surface area contributed by atoms with E-state index in [1.807, 2.05) is 30.9 Å². The third kappa shape index (κ3) is 2.91. The molecule has 1 heterocycles. The molecule has 1 aliphatic rings. The van der Waals surface area contributed by atoms with E-state index in [9.17, 15) is 4.79 Å². The summed E-state index contributed by atoms with van der Waals surface area (Å²) in [7, 11) is 0. The van der Waals surface area contributed by atoms with Crippen LogP contribution in [0.3, 0.4) is 0 Å². The van der Waals surface area contributed by atoms with E-state index < -0.39 is 0 Å². The number of anilines is 1. The summed E-state index contributed by atoms with van der Waals surface area (Å²) in [6.07, 6.45) is 2.27. The fourth-order valence-corrected chi connectivity index (χ4v) is 2.87. The van der Waals surface area contributed by atoms with E-state index in [1.54, 1.807) is 0 Å². The minimum absolute atomic E-state index is 0.122. The van der Waals surface area contributed by atoms with Gasteiger partial charge in [-0.3, -0.25) is 4.79 Å². The zero-order valence-corrected chi connectivity index (χ0v) is 12.4. The Kier molecular flexibility index (Phi) is 3.57. The minimum Gasteiger partial charge on any atom is -0.398 e. The molecular weight excluding hydrogens is 236 g/mol. The summed E-state index contributed by atoms with van der Waals surface area (Å²) in [5, 5.41) is 0. The van der Waals surface area contributed by atoms with Gasteiger partial charge in [-0.15, -0.1) is 0 Å². The maximum absolute atomic E-state index is 12.6. The Morgan fingerprint density at radius 1 is 1.26 bits per heavy atom. The Balaban J connectivity index is 2.27. The van der Waals surface area contributed by atoms with Crippen LogP contribution in [0.5, 0.6) is 0 Å². The number of rotatable bonds is 1. The maximum atomic E-state index is 12.6. The van der Waals surface area contributed by atoms with Crippen LogP contribution in [0.1, 0.15) is 48.2 Å². The van der Waals surface area contributed by atoms with Gasteiger partial charge in [0.15, 0.2) is 0 Å². The summed E-state index contributed by atoms with van der Waals surface area (Å²) >= 11 is 0. The van der Waals surface area contributed by atoms with Crippen LogP contribution in [0.2, 0.25) is 0 Å². The lowest BCUT2D eigenvalue weighted by Crippen LogP contribution is -2.43. The van der Waals surface area contributed by atoms with Gasteiger partial charge < -0.3 is 10.6 Å². The Morgan fingerprint density at radius 3 is 2.58 bits per heavy atom. The van der Waals surface area contributed by atoms with E-state index in [0.717, 1.165) is 36.2 Å². The molecule has 1 aromatic carbocycles. The van der Waals surface area contributed by atoms with E-state index in [2.05, 4.69) is 13.8 Å². The van der Waals surface area contributed by atoms with Crippen LogP contribution in [-0.2, 0) is 0 Å². The van der Waals surface area contributed by atoms with Crippen molar-refractivity contribution < 1.29 is 4.79 Å². The summed E-state index contributed by atoms with van der Waals surface area (Å²) in [6, 6.07) is 3.83. The highest BCUT2D eigenvalue weighted by atomic mass is 16.2. The third-order valence-corrected chi connectivity index (χ3v) is 4.03. The van der Waals surface area contributed by atoms with Crippen LogP contribution in [0.4, 0.5) is 5.69 Å². The van der Waals surface area contributed by atoms with Crippen LogP contribution in [0.15, 0.2) is 12.1 Å². The van der Waals surface area contributed by atoms with Crippen molar-refractivity contribution in [2.24, 2.45) is 5.41 Å². The summed E-state index contributed by atoms with van der Waals surface area (Å²) in [5.41, 5.74) is 9.66. The summed E-state index contributed by atoms with van der Waals surface area (Å²) < 4.78 is 0. The zero-order chi connectivity index (χ0) is 14.2. The molecule has 0 aliphatic carbocycles. The van der Waals surface area contributed by atoms with Crippen molar-refractivity contribution in [1.82, 2.24) is 4.90 Å². The predicted molar refractivity (Wildman–Crippen MR) is 79.2 cm³/mol. The van der Waals surface area contributed by atoms with E-state index >= 15 is 0 Å². The molecule has 1 saturated heterocycles. The Hall–Kier alpha value is -1.51.